The Hall–Kier alpha value is -3.35. The van der Waals surface area contributed by atoms with Crippen LogP contribution in [-0.2, 0) is 4.79 Å². The van der Waals surface area contributed by atoms with E-state index in [-0.39, 0.29) is 17.6 Å². The number of halogens is 1. The predicted octanol–water partition coefficient (Wildman–Crippen LogP) is 4.20. The second-order valence-corrected chi connectivity index (χ2v) is 7.06. The highest BCUT2D eigenvalue weighted by atomic mass is 19.1. The van der Waals surface area contributed by atoms with Gasteiger partial charge in [0.15, 0.2) is 5.82 Å². The number of ether oxygens (including phenoxy) is 1. The summed E-state index contributed by atoms with van der Waals surface area (Å²) in [6, 6.07) is 11.4. The molecule has 1 fully saturated rings. The zero-order valence-corrected chi connectivity index (χ0v) is 16.1. The van der Waals surface area contributed by atoms with E-state index in [0.29, 0.717) is 24.0 Å². The first-order chi connectivity index (χ1) is 14.1. The lowest BCUT2D eigenvalue weighted by molar-refractivity contribution is -0.130. The Bertz CT molecular complexity index is 1010. The number of carbonyl (C=O) groups is 1. The molecule has 2 aromatic heterocycles. The number of nitrogens with zero attached hydrogens (tertiary/aromatic N) is 4. The maximum Gasteiger partial charge on any atom is 0.223 e. The molecule has 1 saturated heterocycles. The first-order valence-corrected chi connectivity index (χ1v) is 9.57. The smallest absolute Gasteiger partial charge is 0.223 e. The van der Waals surface area contributed by atoms with Crippen LogP contribution in [0.2, 0.25) is 0 Å². The Morgan fingerprint density at radius 1 is 1.21 bits per heavy atom. The predicted molar refractivity (Wildman–Crippen MR) is 106 cm³/mol. The fraction of sp³-hybridized carbons (Fsp3) is 0.273. The lowest BCUT2D eigenvalue weighted by Gasteiger charge is -2.31. The molecule has 7 heteroatoms. The van der Waals surface area contributed by atoms with Crippen molar-refractivity contribution in [2.45, 2.75) is 25.7 Å². The minimum atomic E-state index is -0.381. The Morgan fingerprint density at radius 3 is 2.86 bits per heavy atom. The summed E-state index contributed by atoms with van der Waals surface area (Å²) in [5.74, 6) is 0.948. The number of piperidine rings is 1. The summed E-state index contributed by atoms with van der Waals surface area (Å²) in [7, 11) is 0. The maximum atomic E-state index is 13.5. The van der Waals surface area contributed by atoms with Crippen LogP contribution in [-0.4, -0.2) is 38.8 Å². The van der Waals surface area contributed by atoms with E-state index in [1.807, 2.05) is 17.0 Å². The van der Waals surface area contributed by atoms with E-state index in [1.54, 1.807) is 37.5 Å². The molecule has 6 nitrogen and oxygen atoms in total. The first kappa shape index (κ1) is 19.0. The van der Waals surface area contributed by atoms with Gasteiger partial charge in [0.05, 0.1) is 5.69 Å². The molecule has 0 bridgehead atoms. The van der Waals surface area contributed by atoms with Crippen LogP contribution in [0.1, 0.15) is 31.4 Å². The van der Waals surface area contributed by atoms with E-state index >= 15 is 0 Å². The molecule has 4 rings (SSSR count). The van der Waals surface area contributed by atoms with Gasteiger partial charge in [-0.15, -0.1) is 0 Å². The lowest BCUT2D eigenvalue weighted by Crippen LogP contribution is -2.37. The first-order valence-electron chi connectivity index (χ1n) is 9.57. The van der Waals surface area contributed by atoms with Crippen molar-refractivity contribution in [3.05, 3.63) is 66.4 Å². The van der Waals surface area contributed by atoms with Gasteiger partial charge < -0.3 is 9.64 Å². The molecule has 1 atom stereocenters. The summed E-state index contributed by atoms with van der Waals surface area (Å²) >= 11 is 0. The molecule has 29 heavy (non-hydrogen) atoms. The normalized spacial score (nSPS) is 16.5. The molecular formula is C22H21FN4O2. The Balaban J connectivity index is 1.71. The highest BCUT2D eigenvalue weighted by Gasteiger charge is 2.25. The van der Waals surface area contributed by atoms with Crippen LogP contribution >= 0.6 is 0 Å². The number of pyridine rings is 1. The molecule has 0 aliphatic carbocycles. The van der Waals surface area contributed by atoms with Crippen LogP contribution in [0.4, 0.5) is 4.39 Å². The van der Waals surface area contributed by atoms with Crippen LogP contribution < -0.4 is 4.74 Å². The zero-order valence-electron chi connectivity index (χ0n) is 16.1. The van der Waals surface area contributed by atoms with Gasteiger partial charge in [0.2, 0.25) is 11.8 Å². The number of rotatable bonds is 4. The van der Waals surface area contributed by atoms with Crippen LogP contribution in [0, 0.1) is 5.82 Å². The maximum absolute atomic E-state index is 13.5. The number of amides is 1. The molecule has 3 aromatic rings. The summed E-state index contributed by atoms with van der Waals surface area (Å²) in [6.07, 6.45) is 5.21. The number of likely N-dealkylation sites (tertiary alicyclic amines) is 1. The van der Waals surface area contributed by atoms with E-state index < -0.39 is 0 Å². The minimum absolute atomic E-state index is 0.0625. The molecular weight excluding hydrogens is 371 g/mol. The summed E-state index contributed by atoms with van der Waals surface area (Å²) in [5, 5.41) is 0. The SMILES string of the molecule is CC(=O)N1CCC[C@H](c2cc(Oc3cccc(F)c3)nc(-c3cccnc3)n2)C1. The van der Waals surface area contributed by atoms with Crippen LogP contribution in [0.5, 0.6) is 11.6 Å². The highest BCUT2D eigenvalue weighted by molar-refractivity contribution is 5.73. The second kappa shape index (κ2) is 8.34. The standard InChI is InChI=1S/C22H21FN4O2/c1-15(28)27-10-4-6-17(14-27)20-12-21(29-19-8-2-7-18(23)11-19)26-22(25-20)16-5-3-9-24-13-16/h2-3,5,7-9,11-13,17H,4,6,10,14H2,1H3/t17-/m0/s1. The quantitative estimate of drug-likeness (QED) is 0.666. The minimum Gasteiger partial charge on any atom is -0.439 e. The molecule has 0 radical (unpaired) electrons. The van der Waals surface area contributed by atoms with Crippen LogP contribution in [0.25, 0.3) is 11.4 Å². The number of hydrogen-bond donors (Lipinski definition) is 0. The van der Waals surface area contributed by atoms with Gasteiger partial charge in [-0.2, -0.15) is 4.98 Å². The molecule has 0 saturated carbocycles. The second-order valence-electron chi connectivity index (χ2n) is 7.06. The van der Waals surface area contributed by atoms with Gasteiger partial charge in [-0.3, -0.25) is 9.78 Å². The van der Waals surface area contributed by atoms with Gasteiger partial charge in [-0.25, -0.2) is 9.37 Å². The average Bonchev–Trinajstić information content (AvgIpc) is 2.74. The van der Waals surface area contributed by atoms with Gasteiger partial charge >= 0.3 is 0 Å². The molecule has 3 heterocycles. The van der Waals surface area contributed by atoms with E-state index in [9.17, 15) is 9.18 Å². The number of aromatic nitrogens is 3. The van der Waals surface area contributed by atoms with Gasteiger partial charge in [-0.1, -0.05) is 6.07 Å². The van der Waals surface area contributed by atoms with E-state index in [0.717, 1.165) is 30.6 Å². The molecule has 0 unspecified atom stereocenters. The third-order valence-electron chi connectivity index (χ3n) is 4.95. The lowest BCUT2D eigenvalue weighted by atomic mass is 9.94. The number of carbonyl (C=O) groups excluding carboxylic acids is 1. The Labute approximate surface area is 168 Å². The fourth-order valence-electron chi connectivity index (χ4n) is 3.48. The Kier molecular flexibility index (Phi) is 5.46. The van der Waals surface area contributed by atoms with Crippen molar-refractivity contribution < 1.29 is 13.9 Å². The molecule has 1 aromatic carbocycles. The monoisotopic (exact) mass is 392 g/mol. The molecule has 1 amide bonds. The summed E-state index contributed by atoms with van der Waals surface area (Å²) < 4.78 is 19.4. The van der Waals surface area contributed by atoms with Gasteiger partial charge in [0, 0.05) is 56.0 Å². The van der Waals surface area contributed by atoms with Crippen LogP contribution in [0.15, 0.2) is 54.9 Å². The summed E-state index contributed by atoms with van der Waals surface area (Å²) in [6.45, 7) is 2.96. The van der Waals surface area contributed by atoms with Gasteiger partial charge in [0.1, 0.15) is 11.6 Å². The Morgan fingerprint density at radius 2 is 2.10 bits per heavy atom. The number of hydrogen-bond acceptors (Lipinski definition) is 5. The van der Waals surface area contributed by atoms with Crippen molar-refractivity contribution in [3.63, 3.8) is 0 Å². The molecule has 1 aliphatic heterocycles. The topological polar surface area (TPSA) is 68.2 Å². The van der Waals surface area contributed by atoms with Crippen molar-refractivity contribution in [1.29, 1.82) is 0 Å². The third kappa shape index (κ3) is 4.56. The largest absolute Gasteiger partial charge is 0.439 e. The molecule has 148 valence electrons. The summed E-state index contributed by atoms with van der Waals surface area (Å²) in [4.78, 5) is 27.0. The van der Waals surface area contributed by atoms with Gasteiger partial charge in [-0.05, 0) is 37.1 Å². The van der Waals surface area contributed by atoms with Gasteiger partial charge in [0.25, 0.3) is 0 Å². The van der Waals surface area contributed by atoms with Crippen molar-refractivity contribution in [1.82, 2.24) is 19.9 Å². The number of benzene rings is 1. The summed E-state index contributed by atoms with van der Waals surface area (Å²) in [5.41, 5.74) is 1.56. The molecule has 0 spiro atoms. The van der Waals surface area contributed by atoms with Crippen molar-refractivity contribution in [2.75, 3.05) is 13.1 Å². The van der Waals surface area contributed by atoms with E-state index in [4.69, 9.17) is 9.72 Å². The van der Waals surface area contributed by atoms with Crippen molar-refractivity contribution >= 4 is 5.91 Å². The molecule has 1 aliphatic rings. The fourth-order valence-corrected chi connectivity index (χ4v) is 3.48. The molecule has 0 N–H and O–H groups in total. The average molecular weight is 392 g/mol. The highest BCUT2D eigenvalue weighted by Crippen LogP contribution is 2.31. The van der Waals surface area contributed by atoms with E-state index in [1.165, 1.54) is 12.1 Å². The van der Waals surface area contributed by atoms with Crippen molar-refractivity contribution in [2.24, 2.45) is 0 Å². The van der Waals surface area contributed by atoms with Crippen molar-refractivity contribution in [3.8, 4) is 23.0 Å². The van der Waals surface area contributed by atoms with Crippen LogP contribution in [0.3, 0.4) is 0 Å². The van der Waals surface area contributed by atoms with E-state index in [2.05, 4.69) is 9.97 Å². The zero-order chi connectivity index (χ0) is 20.2. The third-order valence-corrected chi connectivity index (χ3v) is 4.95.